The molecule has 0 fully saturated rings. The normalized spacial score (nSPS) is 11.9. The van der Waals surface area contributed by atoms with Gasteiger partial charge in [-0.15, -0.1) is 0 Å². The van der Waals surface area contributed by atoms with E-state index in [0.717, 1.165) is 29.8 Å². The number of rotatable bonds is 10. The standard InChI is InChI=1S/C26H22F4N2O5/c27-25(28)26(29,30)37-21-10-5-16(6-11-21)24(35)36-20-8-1-15(2-9-20)13-18(23(33)34)4-3-17-14-19(31)7-12-22(17)32/h1-2,5-14,25H,3-4,31-32H2,(H,33,34)/b18-13+. The fraction of sp³-hybridized carbons (Fsp3) is 0.154. The average molecular weight is 518 g/mol. The second-order valence-electron chi connectivity index (χ2n) is 7.88. The number of nitrogens with two attached hydrogens (primary N) is 2. The number of carbonyl (C=O) groups is 2. The third kappa shape index (κ3) is 7.47. The molecule has 0 aliphatic heterocycles. The molecule has 0 aromatic heterocycles. The van der Waals surface area contributed by atoms with Crippen molar-refractivity contribution in [2.24, 2.45) is 0 Å². The Morgan fingerprint density at radius 1 is 0.946 bits per heavy atom. The topological polar surface area (TPSA) is 125 Å². The maximum Gasteiger partial charge on any atom is 0.461 e. The second-order valence-corrected chi connectivity index (χ2v) is 7.88. The summed E-state index contributed by atoms with van der Waals surface area (Å²) >= 11 is 0. The molecule has 0 radical (unpaired) electrons. The highest BCUT2D eigenvalue weighted by Crippen LogP contribution is 2.28. The van der Waals surface area contributed by atoms with Crippen LogP contribution in [0.25, 0.3) is 6.08 Å². The van der Waals surface area contributed by atoms with Gasteiger partial charge in [0.1, 0.15) is 11.5 Å². The third-order valence-electron chi connectivity index (χ3n) is 5.13. The van der Waals surface area contributed by atoms with Crippen LogP contribution in [0.2, 0.25) is 0 Å². The zero-order valence-electron chi connectivity index (χ0n) is 19.2. The summed E-state index contributed by atoms with van der Waals surface area (Å²) in [5.74, 6) is -2.35. The van der Waals surface area contributed by atoms with Gasteiger partial charge >= 0.3 is 24.5 Å². The number of halogens is 4. The molecule has 11 heteroatoms. The molecule has 3 aromatic carbocycles. The number of nitrogen functional groups attached to an aromatic ring is 2. The van der Waals surface area contributed by atoms with Crippen LogP contribution in [0.4, 0.5) is 28.9 Å². The largest absolute Gasteiger partial charge is 0.478 e. The van der Waals surface area contributed by atoms with E-state index in [2.05, 4.69) is 4.74 Å². The van der Waals surface area contributed by atoms with Gasteiger partial charge in [0.2, 0.25) is 0 Å². The third-order valence-corrected chi connectivity index (χ3v) is 5.13. The lowest BCUT2D eigenvalue weighted by molar-refractivity contribution is -0.253. The lowest BCUT2D eigenvalue weighted by Gasteiger charge is -2.16. The molecule has 37 heavy (non-hydrogen) atoms. The predicted octanol–water partition coefficient (Wildman–Crippen LogP) is 5.41. The molecule has 0 atom stereocenters. The van der Waals surface area contributed by atoms with Gasteiger partial charge in [0, 0.05) is 16.9 Å². The van der Waals surface area contributed by atoms with Crippen molar-refractivity contribution < 1.29 is 41.7 Å². The van der Waals surface area contributed by atoms with Crippen molar-refractivity contribution in [3.05, 3.63) is 89.0 Å². The zero-order chi connectivity index (χ0) is 27.2. The van der Waals surface area contributed by atoms with Crippen LogP contribution in [0.1, 0.15) is 27.9 Å². The Labute approximate surface area is 208 Å². The highest BCUT2D eigenvalue weighted by Gasteiger charge is 2.43. The number of anilines is 2. The molecule has 5 N–H and O–H groups in total. The van der Waals surface area contributed by atoms with Gasteiger partial charge in [-0.05, 0) is 84.6 Å². The Morgan fingerprint density at radius 3 is 2.16 bits per heavy atom. The van der Waals surface area contributed by atoms with Crippen LogP contribution >= 0.6 is 0 Å². The predicted molar refractivity (Wildman–Crippen MR) is 129 cm³/mol. The van der Waals surface area contributed by atoms with E-state index in [-0.39, 0.29) is 23.3 Å². The van der Waals surface area contributed by atoms with Crippen molar-refractivity contribution in [1.29, 1.82) is 0 Å². The number of esters is 1. The van der Waals surface area contributed by atoms with Gasteiger partial charge in [-0.3, -0.25) is 0 Å². The first-order chi connectivity index (χ1) is 17.4. The number of hydrogen-bond donors (Lipinski definition) is 3. The Hall–Kier alpha value is -4.54. The minimum atomic E-state index is -4.67. The van der Waals surface area contributed by atoms with Crippen LogP contribution in [0, 0.1) is 0 Å². The number of alkyl halides is 4. The summed E-state index contributed by atoms with van der Waals surface area (Å²) in [7, 11) is 0. The first kappa shape index (κ1) is 27.1. The van der Waals surface area contributed by atoms with Crippen LogP contribution in [-0.2, 0) is 11.2 Å². The van der Waals surface area contributed by atoms with Gasteiger partial charge in [-0.25, -0.2) is 9.59 Å². The van der Waals surface area contributed by atoms with Crippen molar-refractivity contribution in [3.8, 4) is 11.5 Å². The van der Waals surface area contributed by atoms with Crippen LogP contribution in [0.5, 0.6) is 11.5 Å². The molecule has 0 saturated heterocycles. The van der Waals surface area contributed by atoms with E-state index in [1.807, 2.05) is 0 Å². The first-order valence-electron chi connectivity index (χ1n) is 10.8. The molecule has 0 spiro atoms. The van der Waals surface area contributed by atoms with E-state index in [4.69, 9.17) is 16.2 Å². The van der Waals surface area contributed by atoms with E-state index >= 15 is 0 Å². The summed E-state index contributed by atoms with van der Waals surface area (Å²) in [6.07, 6.45) is -6.63. The Kier molecular flexibility index (Phi) is 8.38. The van der Waals surface area contributed by atoms with E-state index in [0.29, 0.717) is 23.4 Å². The zero-order valence-corrected chi connectivity index (χ0v) is 19.2. The average Bonchev–Trinajstić information content (AvgIpc) is 2.84. The van der Waals surface area contributed by atoms with Crippen molar-refractivity contribution >= 4 is 29.4 Å². The Morgan fingerprint density at radius 2 is 1.57 bits per heavy atom. The molecular weight excluding hydrogens is 496 g/mol. The molecule has 0 saturated carbocycles. The molecule has 0 aliphatic carbocycles. The molecule has 0 amide bonds. The fourth-order valence-corrected chi connectivity index (χ4v) is 3.21. The molecule has 3 aromatic rings. The van der Waals surface area contributed by atoms with Gasteiger partial charge in [-0.2, -0.15) is 17.6 Å². The van der Waals surface area contributed by atoms with Gasteiger partial charge in [-0.1, -0.05) is 12.1 Å². The summed E-state index contributed by atoms with van der Waals surface area (Å²) in [6, 6.07) is 15.0. The molecule has 0 heterocycles. The quantitative estimate of drug-likeness (QED) is 0.108. The Balaban J connectivity index is 1.64. The molecule has 0 unspecified atom stereocenters. The maximum absolute atomic E-state index is 13.0. The highest BCUT2D eigenvalue weighted by atomic mass is 19.3. The summed E-state index contributed by atoms with van der Waals surface area (Å²) in [6.45, 7) is 0. The molecule has 194 valence electrons. The highest BCUT2D eigenvalue weighted by molar-refractivity contribution is 5.92. The molecule has 3 rings (SSSR count). The van der Waals surface area contributed by atoms with Crippen LogP contribution in [0.15, 0.2) is 72.3 Å². The molecule has 0 aliphatic rings. The van der Waals surface area contributed by atoms with Crippen LogP contribution in [-0.4, -0.2) is 29.6 Å². The van der Waals surface area contributed by atoms with Gasteiger partial charge in [0.15, 0.2) is 0 Å². The van der Waals surface area contributed by atoms with Gasteiger partial charge in [0.05, 0.1) is 5.56 Å². The molecule has 7 nitrogen and oxygen atoms in total. The van der Waals surface area contributed by atoms with Crippen molar-refractivity contribution in [1.82, 2.24) is 0 Å². The van der Waals surface area contributed by atoms with Crippen LogP contribution < -0.4 is 20.9 Å². The van der Waals surface area contributed by atoms with Crippen molar-refractivity contribution in [2.75, 3.05) is 11.5 Å². The Bertz CT molecular complexity index is 1290. The number of benzene rings is 3. The SMILES string of the molecule is Nc1ccc(N)c(CC/C(=C\c2ccc(OC(=O)c3ccc(OC(F)(F)C(F)F)cc3)cc2)C(=O)O)c1. The van der Waals surface area contributed by atoms with E-state index in [1.54, 1.807) is 30.3 Å². The summed E-state index contributed by atoms with van der Waals surface area (Å²) < 4.78 is 59.6. The van der Waals surface area contributed by atoms with Gasteiger partial charge < -0.3 is 26.0 Å². The summed E-state index contributed by atoms with van der Waals surface area (Å²) in [5.41, 5.74) is 14.1. The number of ether oxygens (including phenoxy) is 2. The maximum atomic E-state index is 13.0. The second kappa shape index (κ2) is 11.5. The number of carbonyl (C=O) groups excluding carboxylic acids is 1. The van der Waals surface area contributed by atoms with Crippen molar-refractivity contribution in [2.45, 2.75) is 25.4 Å². The smallest absolute Gasteiger partial charge is 0.461 e. The van der Waals surface area contributed by atoms with E-state index in [9.17, 15) is 32.3 Å². The minimum absolute atomic E-state index is 0.0364. The number of aryl methyl sites for hydroxylation is 1. The number of aliphatic carboxylic acids is 1. The number of carboxylic acid groups (broad SMARTS) is 1. The lowest BCUT2D eigenvalue weighted by Crippen LogP contribution is -2.33. The summed E-state index contributed by atoms with van der Waals surface area (Å²) in [4.78, 5) is 24.0. The lowest BCUT2D eigenvalue weighted by atomic mass is 10.0. The van der Waals surface area contributed by atoms with Crippen LogP contribution in [0.3, 0.4) is 0 Å². The van der Waals surface area contributed by atoms with E-state index in [1.165, 1.54) is 18.2 Å². The fourth-order valence-electron chi connectivity index (χ4n) is 3.21. The monoisotopic (exact) mass is 518 g/mol. The number of hydrogen-bond acceptors (Lipinski definition) is 6. The molecular formula is C26H22F4N2O5. The number of carboxylic acids is 1. The summed E-state index contributed by atoms with van der Waals surface area (Å²) in [5, 5.41) is 9.56. The minimum Gasteiger partial charge on any atom is -0.478 e. The van der Waals surface area contributed by atoms with Crippen molar-refractivity contribution in [3.63, 3.8) is 0 Å². The molecule has 0 bridgehead atoms. The van der Waals surface area contributed by atoms with E-state index < -0.39 is 30.2 Å². The first-order valence-corrected chi connectivity index (χ1v) is 10.8. The van der Waals surface area contributed by atoms with Gasteiger partial charge in [0.25, 0.3) is 0 Å².